The number of carbonyl (C=O) groups is 2. The number of aliphatic carboxylic acids is 2. The number of hydrogen-bond donors (Lipinski definition) is 2. The number of benzene rings is 2. The molecule has 0 saturated heterocycles. The molecule has 27 heavy (non-hydrogen) atoms. The van der Waals surface area contributed by atoms with Crippen LogP contribution >= 0.6 is 0 Å². The van der Waals surface area contributed by atoms with E-state index in [4.69, 9.17) is 0 Å². The van der Waals surface area contributed by atoms with Crippen LogP contribution < -0.4 is 0 Å². The van der Waals surface area contributed by atoms with E-state index < -0.39 is 70.3 Å². The zero-order chi connectivity index (χ0) is 20.0. The van der Waals surface area contributed by atoms with Gasteiger partial charge in [-0.05, 0) is 5.56 Å². The first-order chi connectivity index (χ1) is 12.7. The summed E-state index contributed by atoms with van der Waals surface area (Å²) in [7, 11) is 0. The highest BCUT2D eigenvalue weighted by atomic mass is 19.2. The highest BCUT2D eigenvalue weighted by molar-refractivity contribution is 5.85. The Hall–Kier alpha value is -2.97. The van der Waals surface area contributed by atoms with E-state index in [1.54, 1.807) is 6.07 Å². The smallest absolute Gasteiger partial charge is 0.308 e. The van der Waals surface area contributed by atoms with Crippen LogP contribution in [0.5, 0.6) is 0 Å². The van der Waals surface area contributed by atoms with Crippen molar-refractivity contribution in [2.24, 2.45) is 11.8 Å². The van der Waals surface area contributed by atoms with Gasteiger partial charge in [0.2, 0.25) is 5.82 Å². The maximum Gasteiger partial charge on any atom is 0.308 e. The topological polar surface area (TPSA) is 74.6 Å². The third-order valence-corrected chi connectivity index (χ3v) is 4.88. The van der Waals surface area contributed by atoms with E-state index in [-0.39, 0.29) is 5.56 Å². The normalized spacial score (nSPS) is 24.3. The van der Waals surface area contributed by atoms with Crippen molar-refractivity contribution in [3.8, 4) is 0 Å². The first-order valence-corrected chi connectivity index (χ1v) is 7.70. The van der Waals surface area contributed by atoms with Gasteiger partial charge in [-0.1, -0.05) is 30.3 Å². The number of carboxylic acids is 2. The molecule has 4 atom stereocenters. The van der Waals surface area contributed by atoms with Gasteiger partial charge in [0.25, 0.3) is 0 Å². The van der Waals surface area contributed by atoms with Gasteiger partial charge in [0.15, 0.2) is 23.3 Å². The highest BCUT2D eigenvalue weighted by Crippen LogP contribution is 2.59. The maximum absolute atomic E-state index is 14.3. The van der Waals surface area contributed by atoms with Crippen LogP contribution in [0.25, 0.3) is 0 Å². The molecule has 0 unspecified atom stereocenters. The van der Waals surface area contributed by atoms with Gasteiger partial charge in [-0.3, -0.25) is 9.59 Å². The molecule has 0 amide bonds. The molecule has 1 fully saturated rings. The molecule has 1 saturated carbocycles. The van der Waals surface area contributed by atoms with Gasteiger partial charge in [0.1, 0.15) is 0 Å². The van der Waals surface area contributed by atoms with Crippen LogP contribution in [-0.4, -0.2) is 22.2 Å². The van der Waals surface area contributed by atoms with Crippen molar-refractivity contribution in [1.82, 2.24) is 0 Å². The van der Waals surface area contributed by atoms with Crippen molar-refractivity contribution >= 4 is 11.9 Å². The zero-order valence-corrected chi connectivity index (χ0v) is 13.3. The molecule has 4 nitrogen and oxygen atoms in total. The van der Waals surface area contributed by atoms with E-state index in [0.717, 1.165) is 0 Å². The number of hydrogen-bond acceptors (Lipinski definition) is 2. The number of halogens is 5. The Bertz CT molecular complexity index is 902. The van der Waals surface area contributed by atoms with Gasteiger partial charge in [-0.2, -0.15) is 0 Å². The molecule has 9 heteroatoms. The van der Waals surface area contributed by atoms with Crippen molar-refractivity contribution in [3.63, 3.8) is 0 Å². The summed E-state index contributed by atoms with van der Waals surface area (Å²) >= 11 is 0. The van der Waals surface area contributed by atoms with Gasteiger partial charge < -0.3 is 10.2 Å². The molecule has 1 aliphatic carbocycles. The minimum absolute atomic E-state index is 0.219. The predicted octanol–water partition coefficient (Wildman–Crippen LogP) is 3.66. The second kappa shape index (κ2) is 6.64. The molecule has 0 aliphatic heterocycles. The van der Waals surface area contributed by atoms with Gasteiger partial charge in [0.05, 0.1) is 11.8 Å². The van der Waals surface area contributed by atoms with Gasteiger partial charge in [-0.25, -0.2) is 22.0 Å². The van der Waals surface area contributed by atoms with Gasteiger partial charge in [0, 0.05) is 17.4 Å². The quantitative estimate of drug-likeness (QED) is 0.478. The average Bonchev–Trinajstić information content (AvgIpc) is 2.60. The lowest BCUT2D eigenvalue weighted by Crippen LogP contribution is -2.52. The van der Waals surface area contributed by atoms with E-state index >= 15 is 0 Å². The highest BCUT2D eigenvalue weighted by Gasteiger charge is 2.60. The van der Waals surface area contributed by atoms with Crippen LogP contribution in [0.3, 0.4) is 0 Å². The molecule has 0 aromatic heterocycles. The van der Waals surface area contributed by atoms with Crippen LogP contribution in [0.1, 0.15) is 23.0 Å². The fraction of sp³-hybridized carbons (Fsp3) is 0.222. The fourth-order valence-corrected chi connectivity index (χ4v) is 3.73. The summed E-state index contributed by atoms with van der Waals surface area (Å²) < 4.78 is 69.1. The molecule has 1 aliphatic rings. The molecular weight excluding hydrogens is 375 g/mol. The Balaban J connectivity index is 2.25. The summed E-state index contributed by atoms with van der Waals surface area (Å²) in [6.07, 6.45) is 0. The summed E-state index contributed by atoms with van der Waals surface area (Å²) in [4.78, 5) is 23.1. The van der Waals surface area contributed by atoms with E-state index in [1.807, 2.05) is 0 Å². The van der Waals surface area contributed by atoms with E-state index in [0.29, 0.717) is 0 Å². The molecular formula is C18H11F5O4. The minimum atomic E-state index is -2.37. The van der Waals surface area contributed by atoms with E-state index in [9.17, 15) is 41.8 Å². The van der Waals surface area contributed by atoms with Crippen LogP contribution in [0.4, 0.5) is 22.0 Å². The van der Waals surface area contributed by atoms with Crippen LogP contribution in [0, 0.1) is 40.9 Å². The lowest BCUT2D eigenvalue weighted by atomic mass is 9.52. The van der Waals surface area contributed by atoms with E-state index in [2.05, 4.69) is 0 Å². The molecule has 0 radical (unpaired) electrons. The lowest BCUT2D eigenvalue weighted by Gasteiger charge is -2.48. The Labute approximate surface area is 148 Å². The summed E-state index contributed by atoms with van der Waals surface area (Å²) in [5.41, 5.74) is -1.10. The van der Waals surface area contributed by atoms with Crippen LogP contribution in [-0.2, 0) is 9.59 Å². The zero-order valence-electron chi connectivity index (χ0n) is 13.3. The first-order valence-electron chi connectivity index (χ1n) is 7.70. The molecule has 0 spiro atoms. The molecule has 2 aromatic rings. The number of carboxylic acid groups (broad SMARTS) is 2. The molecule has 3 rings (SSSR count). The SMILES string of the molecule is O=C(O)[C@@H]1[C@H](C(=O)O)[C@@H](c2c(F)c(F)c(F)c(F)c2F)[C@H]1c1ccccc1. The summed E-state index contributed by atoms with van der Waals surface area (Å²) in [5.74, 6) is -20.8. The Morgan fingerprint density at radius 1 is 0.667 bits per heavy atom. The lowest BCUT2D eigenvalue weighted by molar-refractivity contribution is -0.164. The number of rotatable bonds is 4. The van der Waals surface area contributed by atoms with Crippen LogP contribution in [0.2, 0.25) is 0 Å². The van der Waals surface area contributed by atoms with Crippen molar-refractivity contribution in [2.75, 3.05) is 0 Å². The monoisotopic (exact) mass is 386 g/mol. The van der Waals surface area contributed by atoms with Gasteiger partial charge in [-0.15, -0.1) is 0 Å². The van der Waals surface area contributed by atoms with Crippen molar-refractivity contribution in [3.05, 3.63) is 70.5 Å². The summed E-state index contributed by atoms with van der Waals surface area (Å²) in [6, 6.07) is 7.34. The molecule has 0 heterocycles. The van der Waals surface area contributed by atoms with Crippen LogP contribution in [0.15, 0.2) is 30.3 Å². The summed E-state index contributed by atoms with van der Waals surface area (Å²) in [6.45, 7) is 0. The van der Waals surface area contributed by atoms with Crippen molar-refractivity contribution in [2.45, 2.75) is 11.8 Å². The molecule has 142 valence electrons. The second-order valence-electron chi connectivity index (χ2n) is 6.17. The molecule has 2 aromatic carbocycles. The second-order valence-corrected chi connectivity index (χ2v) is 6.17. The summed E-state index contributed by atoms with van der Waals surface area (Å²) in [5, 5.41) is 18.7. The molecule has 2 N–H and O–H groups in total. The maximum atomic E-state index is 14.3. The third-order valence-electron chi connectivity index (χ3n) is 4.88. The standard InChI is InChI=1S/C18H11F5O4/c19-12-11(13(20)15(22)16(23)14(12)21)8-7(6-4-2-1-3-5-6)9(17(24)25)10(8)18(26)27/h1-5,7-10H,(H,24,25)(H,26,27)/t7-,8+,9+,10-/m1/s1. The first kappa shape index (κ1) is 18.8. The largest absolute Gasteiger partial charge is 0.481 e. The Morgan fingerprint density at radius 3 is 1.52 bits per heavy atom. The predicted molar refractivity (Wildman–Crippen MR) is 80.4 cm³/mol. The van der Waals surface area contributed by atoms with Gasteiger partial charge >= 0.3 is 11.9 Å². The minimum Gasteiger partial charge on any atom is -0.481 e. The Morgan fingerprint density at radius 2 is 1.07 bits per heavy atom. The van der Waals surface area contributed by atoms with Crippen molar-refractivity contribution in [1.29, 1.82) is 0 Å². The molecule has 0 bridgehead atoms. The average molecular weight is 386 g/mol. The van der Waals surface area contributed by atoms with Crippen molar-refractivity contribution < 1.29 is 41.8 Å². The Kier molecular flexibility index (Phi) is 4.63. The van der Waals surface area contributed by atoms with E-state index in [1.165, 1.54) is 24.3 Å². The fourth-order valence-electron chi connectivity index (χ4n) is 3.73. The third kappa shape index (κ3) is 2.73.